The Bertz CT molecular complexity index is 1350. The molecule has 3 heterocycles. The van der Waals surface area contributed by atoms with Gasteiger partial charge in [0.1, 0.15) is 17.1 Å². The maximum atomic E-state index is 13.6. The van der Waals surface area contributed by atoms with E-state index in [1.807, 2.05) is 31.2 Å². The summed E-state index contributed by atoms with van der Waals surface area (Å²) in [6.07, 6.45) is 2.54. The fourth-order valence-corrected chi connectivity index (χ4v) is 4.56. The molecule has 1 unspecified atom stereocenters. The normalized spacial score (nSPS) is 15.2. The van der Waals surface area contributed by atoms with Crippen LogP contribution in [0.3, 0.4) is 0 Å². The molecule has 0 radical (unpaired) electrons. The molecule has 5 rings (SSSR count). The third-order valence-electron chi connectivity index (χ3n) is 5.37. The van der Waals surface area contributed by atoms with Gasteiger partial charge in [0.2, 0.25) is 5.76 Å². The minimum absolute atomic E-state index is 0.0299. The topological polar surface area (TPSA) is 81.9 Å². The van der Waals surface area contributed by atoms with Crippen LogP contribution in [-0.4, -0.2) is 24.6 Å². The maximum absolute atomic E-state index is 13.6. The number of nitrogens with zero attached hydrogens (tertiary/aromatic N) is 2. The smallest absolute Gasteiger partial charge is 0.297 e. The molecule has 0 spiro atoms. The fourth-order valence-electron chi connectivity index (χ4n) is 3.89. The van der Waals surface area contributed by atoms with Gasteiger partial charge in [-0.2, -0.15) is 0 Å². The van der Waals surface area contributed by atoms with E-state index in [1.165, 1.54) is 23.3 Å². The molecule has 0 N–H and O–H groups in total. The van der Waals surface area contributed by atoms with E-state index in [2.05, 4.69) is 4.98 Å². The summed E-state index contributed by atoms with van der Waals surface area (Å²) < 4.78 is 16.9. The highest BCUT2D eigenvalue weighted by atomic mass is 32.1. The molecule has 2 aromatic heterocycles. The van der Waals surface area contributed by atoms with Crippen molar-refractivity contribution < 1.29 is 18.7 Å². The number of thiazole rings is 1. The number of carbonyl (C=O) groups is 1. The van der Waals surface area contributed by atoms with E-state index < -0.39 is 11.9 Å². The largest absolute Gasteiger partial charge is 0.497 e. The SMILES string of the molecule is CCCOc1ccc(C2c3c(oc4cc(OC)ccc4c3=O)C(=O)N2c2nccs2)cc1. The van der Waals surface area contributed by atoms with Gasteiger partial charge in [0.15, 0.2) is 10.6 Å². The van der Waals surface area contributed by atoms with Crippen LogP contribution in [0.2, 0.25) is 0 Å². The third-order valence-corrected chi connectivity index (χ3v) is 6.14. The Balaban J connectivity index is 1.70. The average Bonchev–Trinajstić information content (AvgIpc) is 3.44. The molecule has 1 atom stereocenters. The average molecular weight is 449 g/mol. The molecule has 0 bridgehead atoms. The number of carbonyl (C=O) groups excluding carboxylic acids is 1. The lowest BCUT2D eigenvalue weighted by Gasteiger charge is -2.22. The van der Waals surface area contributed by atoms with Crippen molar-refractivity contribution >= 4 is 33.3 Å². The standard InChI is InChI=1S/C24H20N2O5S/c1-3-11-30-15-6-4-14(5-7-15)20-19-21(27)17-9-8-16(29-2)13-18(17)31-22(19)23(28)26(20)24-25-10-12-32-24/h4-10,12-13,20H,3,11H2,1-2H3. The van der Waals surface area contributed by atoms with Crippen molar-refractivity contribution in [2.45, 2.75) is 19.4 Å². The first-order valence-corrected chi connectivity index (χ1v) is 11.1. The summed E-state index contributed by atoms with van der Waals surface area (Å²) in [5, 5.41) is 2.69. The van der Waals surface area contributed by atoms with Crippen LogP contribution < -0.4 is 19.8 Å². The van der Waals surface area contributed by atoms with Crippen molar-refractivity contribution in [3.63, 3.8) is 0 Å². The molecular weight excluding hydrogens is 428 g/mol. The number of anilines is 1. The number of benzene rings is 2. The van der Waals surface area contributed by atoms with Crippen molar-refractivity contribution in [2.24, 2.45) is 0 Å². The second-order valence-electron chi connectivity index (χ2n) is 7.35. The van der Waals surface area contributed by atoms with Crippen molar-refractivity contribution in [1.82, 2.24) is 4.98 Å². The highest BCUT2D eigenvalue weighted by Crippen LogP contribution is 2.42. The van der Waals surface area contributed by atoms with Gasteiger partial charge in [-0.1, -0.05) is 19.1 Å². The Morgan fingerprint density at radius 2 is 1.91 bits per heavy atom. The molecule has 2 aromatic carbocycles. The van der Waals surface area contributed by atoms with Gasteiger partial charge in [0.05, 0.1) is 30.7 Å². The molecule has 8 heteroatoms. The van der Waals surface area contributed by atoms with E-state index in [9.17, 15) is 9.59 Å². The van der Waals surface area contributed by atoms with Crippen LogP contribution in [0.25, 0.3) is 11.0 Å². The Kier molecular flexibility index (Phi) is 5.14. The molecule has 0 fully saturated rings. The molecule has 4 aromatic rings. The number of methoxy groups -OCH3 is 1. The van der Waals surface area contributed by atoms with Gasteiger partial charge >= 0.3 is 0 Å². The van der Waals surface area contributed by atoms with E-state index in [0.29, 0.717) is 34.0 Å². The van der Waals surface area contributed by atoms with Crippen molar-refractivity contribution in [1.29, 1.82) is 0 Å². The Morgan fingerprint density at radius 3 is 2.59 bits per heavy atom. The summed E-state index contributed by atoms with van der Waals surface area (Å²) in [5.74, 6) is 0.913. The van der Waals surface area contributed by atoms with E-state index in [4.69, 9.17) is 13.9 Å². The van der Waals surface area contributed by atoms with Gasteiger partial charge < -0.3 is 13.9 Å². The first kappa shape index (κ1) is 20.3. The summed E-state index contributed by atoms with van der Waals surface area (Å²) in [4.78, 5) is 32.8. The predicted molar refractivity (Wildman–Crippen MR) is 122 cm³/mol. The number of fused-ring (bicyclic) bond motifs is 2. The van der Waals surface area contributed by atoms with E-state index in [1.54, 1.807) is 29.8 Å². The molecule has 0 saturated carbocycles. The number of amides is 1. The molecule has 7 nitrogen and oxygen atoms in total. The van der Waals surface area contributed by atoms with E-state index in [-0.39, 0.29) is 11.2 Å². The van der Waals surface area contributed by atoms with Crippen LogP contribution in [0.15, 0.2) is 63.3 Å². The van der Waals surface area contributed by atoms with E-state index >= 15 is 0 Å². The van der Waals surface area contributed by atoms with Crippen LogP contribution in [0.1, 0.15) is 41.1 Å². The lowest BCUT2D eigenvalue weighted by Crippen LogP contribution is -2.29. The summed E-state index contributed by atoms with van der Waals surface area (Å²) in [5.41, 5.74) is 1.15. The Labute approximate surface area is 187 Å². The molecule has 1 aliphatic rings. The van der Waals surface area contributed by atoms with Crippen LogP contribution >= 0.6 is 11.3 Å². The first-order valence-electron chi connectivity index (χ1n) is 10.2. The van der Waals surface area contributed by atoms with Crippen molar-refractivity contribution in [3.8, 4) is 11.5 Å². The van der Waals surface area contributed by atoms with Gasteiger partial charge in [-0.25, -0.2) is 4.98 Å². The zero-order valence-corrected chi connectivity index (χ0v) is 18.3. The molecule has 0 saturated heterocycles. The maximum Gasteiger partial charge on any atom is 0.297 e. The first-order chi connectivity index (χ1) is 15.6. The predicted octanol–water partition coefficient (Wildman–Crippen LogP) is 4.80. The summed E-state index contributed by atoms with van der Waals surface area (Å²) in [6, 6.07) is 11.8. The lowest BCUT2D eigenvalue weighted by molar-refractivity contribution is 0.0971. The van der Waals surface area contributed by atoms with Gasteiger partial charge in [0.25, 0.3) is 5.91 Å². The Hall–Kier alpha value is -3.65. The van der Waals surface area contributed by atoms with E-state index in [0.717, 1.165) is 17.7 Å². The number of ether oxygens (including phenoxy) is 2. The van der Waals surface area contributed by atoms with Gasteiger partial charge in [0, 0.05) is 17.6 Å². The molecule has 1 amide bonds. The van der Waals surface area contributed by atoms with Crippen LogP contribution in [0, 0.1) is 0 Å². The lowest BCUT2D eigenvalue weighted by atomic mass is 9.98. The van der Waals surface area contributed by atoms with Gasteiger partial charge in [-0.15, -0.1) is 11.3 Å². The molecule has 0 aliphatic carbocycles. The second-order valence-corrected chi connectivity index (χ2v) is 8.22. The van der Waals surface area contributed by atoms with Crippen LogP contribution in [0.4, 0.5) is 5.13 Å². The van der Waals surface area contributed by atoms with Crippen molar-refractivity contribution in [2.75, 3.05) is 18.6 Å². The van der Waals surface area contributed by atoms with Gasteiger partial charge in [-0.3, -0.25) is 14.5 Å². The highest BCUT2D eigenvalue weighted by Gasteiger charge is 2.44. The monoisotopic (exact) mass is 448 g/mol. The van der Waals surface area contributed by atoms with Crippen LogP contribution in [-0.2, 0) is 0 Å². The summed E-state index contributed by atoms with van der Waals surface area (Å²) >= 11 is 1.33. The third kappa shape index (κ3) is 3.23. The summed E-state index contributed by atoms with van der Waals surface area (Å²) in [7, 11) is 1.53. The minimum atomic E-state index is -0.647. The molecule has 1 aliphatic heterocycles. The number of hydrogen-bond acceptors (Lipinski definition) is 7. The molecule has 32 heavy (non-hydrogen) atoms. The second kappa shape index (κ2) is 8.12. The number of rotatable bonds is 6. The quantitative estimate of drug-likeness (QED) is 0.422. The van der Waals surface area contributed by atoms with Crippen molar-refractivity contribution in [3.05, 3.63) is 81.2 Å². The Morgan fingerprint density at radius 1 is 1.12 bits per heavy atom. The highest BCUT2D eigenvalue weighted by molar-refractivity contribution is 7.13. The number of aromatic nitrogens is 1. The van der Waals surface area contributed by atoms with Crippen LogP contribution in [0.5, 0.6) is 11.5 Å². The summed E-state index contributed by atoms with van der Waals surface area (Å²) in [6.45, 7) is 2.66. The minimum Gasteiger partial charge on any atom is -0.497 e. The zero-order chi connectivity index (χ0) is 22.2. The molecule has 162 valence electrons. The zero-order valence-electron chi connectivity index (χ0n) is 17.5. The fraction of sp³-hybridized carbons (Fsp3) is 0.208. The molecular formula is C24H20N2O5S. The number of hydrogen-bond donors (Lipinski definition) is 0. The van der Waals surface area contributed by atoms with Gasteiger partial charge in [-0.05, 0) is 36.2 Å².